The summed E-state index contributed by atoms with van der Waals surface area (Å²) in [5.74, 6) is 0. The number of nitrogens with zero attached hydrogens (tertiary/aromatic N) is 1. The summed E-state index contributed by atoms with van der Waals surface area (Å²) in [7, 11) is 0. The maximum absolute atomic E-state index is 12.0. The van der Waals surface area contributed by atoms with Crippen LogP contribution in [0, 0.1) is 0 Å². The van der Waals surface area contributed by atoms with Gasteiger partial charge in [0.25, 0.3) is 5.56 Å². The number of H-pyrrole nitrogens is 1. The molecule has 2 heterocycles. The van der Waals surface area contributed by atoms with Gasteiger partial charge in [-0.15, -0.1) is 12.4 Å². The number of hydrogen-bond acceptors (Lipinski definition) is 3. The van der Waals surface area contributed by atoms with E-state index < -0.39 is 0 Å². The van der Waals surface area contributed by atoms with Gasteiger partial charge in [-0.25, -0.2) is 0 Å². The molecule has 1 aliphatic heterocycles. The maximum Gasteiger partial charge on any atom is 0.256 e. The third-order valence-corrected chi connectivity index (χ3v) is 4.41. The zero-order valence-corrected chi connectivity index (χ0v) is 13.4. The quantitative estimate of drug-likeness (QED) is 0.888. The first-order chi connectivity index (χ1) is 10.3. The number of aromatic nitrogens is 1. The highest BCUT2D eigenvalue weighted by atomic mass is 35.5. The Bertz CT molecular complexity index is 671. The second-order valence-electron chi connectivity index (χ2n) is 5.83. The monoisotopic (exact) mass is 322 g/mol. The molecule has 1 atom stereocenters. The lowest BCUT2D eigenvalue weighted by Crippen LogP contribution is -2.33. The molecule has 120 valence electrons. The molecule has 0 spiro atoms. The number of hydrogen-bond donors (Lipinski definition) is 2. The normalized spacial score (nSPS) is 18.5. The fourth-order valence-corrected chi connectivity index (χ4v) is 3.27. The highest BCUT2D eigenvalue weighted by molar-refractivity contribution is 5.85. The number of aromatic amines is 1. The maximum atomic E-state index is 12.0. The predicted molar refractivity (Wildman–Crippen MR) is 91.8 cm³/mol. The topological polar surface area (TPSA) is 56.3 Å². The fraction of sp³-hybridized carbons (Fsp3) is 0.471. The van der Waals surface area contributed by atoms with E-state index in [2.05, 4.69) is 16.0 Å². The van der Waals surface area contributed by atoms with Gasteiger partial charge in [0, 0.05) is 17.1 Å². The predicted octanol–water partition coefficient (Wildman–Crippen LogP) is 2.34. The number of aliphatic hydroxyl groups is 1. The summed E-state index contributed by atoms with van der Waals surface area (Å²) in [5.41, 5.74) is 0.996. The van der Waals surface area contributed by atoms with Crippen molar-refractivity contribution in [3.8, 4) is 0 Å². The van der Waals surface area contributed by atoms with Crippen LogP contribution in [0.25, 0.3) is 10.8 Å². The van der Waals surface area contributed by atoms with E-state index in [-0.39, 0.29) is 24.6 Å². The molecule has 0 amide bonds. The van der Waals surface area contributed by atoms with Gasteiger partial charge in [-0.2, -0.15) is 0 Å². The summed E-state index contributed by atoms with van der Waals surface area (Å²) >= 11 is 0. The SMILES string of the molecule is Cl.O=c1[nH]c(CCCN2CCCC2CO)cc2ccccc12. The molecule has 0 aliphatic carbocycles. The fourth-order valence-electron chi connectivity index (χ4n) is 3.27. The lowest BCUT2D eigenvalue weighted by atomic mass is 10.1. The van der Waals surface area contributed by atoms with Gasteiger partial charge in [0.05, 0.1) is 6.61 Å². The molecule has 2 N–H and O–H groups in total. The molecule has 2 aromatic rings. The molecule has 22 heavy (non-hydrogen) atoms. The molecule has 4 nitrogen and oxygen atoms in total. The van der Waals surface area contributed by atoms with Gasteiger partial charge in [0.15, 0.2) is 0 Å². The molecule has 1 unspecified atom stereocenters. The number of benzene rings is 1. The van der Waals surface area contributed by atoms with Crippen molar-refractivity contribution in [3.05, 3.63) is 46.4 Å². The van der Waals surface area contributed by atoms with E-state index in [0.29, 0.717) is 6.04 Å². The van der Waals surface area contributed by atoms with Crippen LogP contribution < -0.4 is 5.56 Å². The summed E-state index contributed by atoms with van der Waals surface area (Å²) in [6, 6.07) is 10.1. The smallest absolute Gasteiger partial charge is 0.256 e. The van der Waals surface area contributed by atoms with Gasteiger partial charge in [-0.3, -0.25) is 9.69 Å². The largest absolute Gasteiger partial charge is 0.395 e. The number of nitrogens with one attached hydrogen (secondary N) is 1. The Balaban J connectivity index is 0.00000176. The second kappa shape index (κ2) is 7.77. The summed E-state index contributed by atoms with van der Waals surface area (Å²) < 4.78 is 0. The molecule has 1 aromatic heterocycles. The van der Waals surface area contributed by atoms with Crippen LogP contribution in [0.4, 0.5) is 0 Å². The lowest BCUT2D eigenvalue weighted by Gasteiger charge is -2.22. The minimum atomic E-state index is -0.00231. The minimum Gasteiger partial charge on any atom is -0.395 e. The number of halogens is 1. The summed E-state index contributed by atoms with van der Waals surface area (Å²) in [4.78, 5) is 17.4. The molecule has 1 aromatic carbocycles. The van der Waals surface area contributed by atoms with Crippen molar-refractivity contribution in [3.63, 3.8) is 0 Å². The van der Waals surface area contributed by atoms with Crippen LogP contribution in [-0.4, -0.2) is 40.7 Å². The van der Waals surface area contributed by atoms with E-state index in [4.69, 9.17) is 0 Å². The Morgan fingerprint density at radius 3 is 2.95 bits per heavy atom. The molecule has 0 bridgehead atoms. The van der Waals surface area contributed by atoms with Gasteiger partial charge >= 0.3 is 0 Å². The van der Waals surface area contributed by atoms with Crippen molar-refractivity contribution in [2.75, 3.05) is 19.7 Å². The van der Waals surface area contributed by atoms with Gasteiger partial charge in [-0.05, 0) is 56.3 Å². The minimum absolute atomic E-state index is 0. The Labute approximate surface area is 136 Å². The molecule has 5 heteroatoms. The summed E-state index contributed by atoms with van der Waals surface area (Å²) in [6.45, 7) is 2.33. The molecule has 3 rings (SSSR count). The number of aliphatic hydroxyl groups excluding tert-OH is 1. The van der Waals surface area contributed by atoms with E-state index in [1.165, 1.54) is 6.42 Å². The van der Waals surface area contributed by atoms with E-state index in [1.807, 2.05) is 24.3 Å². The van der Waals surface area contributed by atoms with Crippen LogP contribution >= 0.6 is 12.4 Å². The highest BCUT2D eigenvalue weighted by Gasteiger charge is 2.22. The van der Waals surface area contributed by atoms with Gasteiger partial charge in [0.1, 0.15) is 0 Å². The first kappa shape index (κ1) is 17.0. The van der Waals surface area contributed by atoms with Crippen LogP contribution in [0.3, 0.4) is 0 Å². The highest BCUT2D eigenvalue weighted by Crippen LogP contribution is 2.17. The van der Waals surface area contributed by atoms with Crippen molar-refractivity contribution in [2.24, 2.45) is 0 Å². The van der Waals surface area contributed by atoms with Crippen molar-refractivity contribution < 1.29 is 5.11 Å². The van der Waals surface area contributed by atoms with E-state index in [1.54, 1.807) is 0 Å². The molecule has 1 fully saturated rings. The average molecular weight is 323 g/mol. The lowest BCUT2D eigenvalue weighted by molar-refractivity contribution is 0.158. The van der Waals surface area contributed by atoms with Crippen molar-refractivity contribution in [2.45, 2.75) is 31.7 Å². The first-order valence-corrected chi connectivity index (χ1v) is 7.74. The number of rotatable bonds is 5. The van der Waals surface area contributed by atoms with Crippen molar-refractivity contribution in [1.82, 2.24) is 9.88 Å². The van der Waals surface area contributed by atoms with Crippen molar-refractivity contribution in [1.29, 1.82) is 0 Å². The van der Waals surface area contributed by atoms with E-state index in [0.717, 1.165) is 48.8 Å². The zero-order chi connectivity index (χ0) is 14.7. The molecule has 0 saturated carbocycles. The molecule has 1 aliphatic rings. The Morgan fingerprint density at radius 1 is 1.32 bits per heavy atom. The first-order valence-electron chi connectivity index (χ1n) is 7.74. The second-order valence-corrected chi connectivity index (χ2v) is 5.83. The van der Waals surface area contributed by atoms with Gasteiger partial charge in [-0.1, -0.05) is 18.2 Å². The Hall–Kier alpha value is -1.36. The van der Waals surface area contributed by atoms with Crippen LogP contribution in [0.2, 0.25) is 0 Å². The van der Waals surface area contributed by atoms with E-state index >= 15 is 0 Å². The molecule has 1 saturated heterocycles. The van der Waals surface area contributed by atoms with Crippen LogP contribution in [0.5, 0.6) is 0 Å². The number of likely N-dealkylation sites (tertiary alicyclic amines) is 1. The Kier molecular flexibility index (Phi) is 6.00. The van der Waals surface area contributed by atoms with Crippen LogP contribution in [0.1, 0.15) is 25.0 Å². The zero-order valence-electron chi connectivity index (χ0n) is 12.6. The van der Waals surface area contributed by atoms with Crippen LogP contribution in [0.15, 0.2) is 35.1 Å². The third kappa shape index (κ3) is 3.69. The average Bonchev–Trinajstić information content (AvgIpc) is 2.95. The van der Waals surface area contributed by atoms with Gasteiger partial charge in [0.2, 0.25) is 0 Å². The van der Waals surface area contributed by atoms with Crippen LogP contribution in [-0.2, 0) is 6.42 Å². The number of pyridine rings is 1. The summed E-state index contributed by atoms with van der Waals surface area (Å²) in [5, 5.41) is 11.1. The molecular formula is C17H23ClN2O2. The van der Waals surface area contributed by atoms with E-state index in [9.17, 15) is 9.90 Å². The standard InChI is InChI=1S/C17H22N2O2.ClH/c20-12-15-7-4-10-19(15)9-3-6-14-11-13-5-1-2-8-16(13)17(21)18-14;/h1-2,5,8,11,15,20H,3-4,6-7,9-10,12H2,(H,18,21);1H. The third-order valence-electron chi connectivity index (χ3n) is 4.41. The number of fused-ring (bicyclic) bond motifs is 1. The molecular weight excluding hydrogens is 300 g/mol. The Morgan fingerprint density at radius 2 is 2.14 bits per heavy atom. The number of aryl methyl sites for hydroxylation is 1. The summed E-state index contributed by atoms with van der Waals surface area (Å²) in [6.07, 6.45) is 4.15. The molecule has 0 radical (unpaired) electrons. The van der Waals surface area contributed by atoms with Crippen molar-refractivity contribution >= 4 is 23.2 Å². The van der Waals surface area contributed by atoms with Gasteiger partial charge < -0.3 is 10.1 Å².